The number of amides is 2. The van der Waals surface area contributed by atoms with Crippen molar-refractivity contribution in [2.45, 2.75) is 32.9 Å². The molecule has 0 aliphatic heterocycles. The van der Waals surface area contributed by atoms with Crippen molar-refractivity contribution in [1.82, 2.24) is 15.5 Å². The highest BCUT2D eigenvalue weighted by Gasteiger charge is 2.13. The Balaban J connectivity index is 1.56. The van der Waals surface area contributed by atoms with E-state index in [0.717, 1.165) is 11.1 Å². The van der Waals surface area contributed by atoms with Gasteiger partial charge in [-0.05, 0) is 29.2 Å². The zero-order valence-corrected chi connectivity index (χ0v) is 16.2. The molecule has 8 nitrogen and oxygen atoms in total. The minimum absolute atomic E-state index is 0.124. The number of esters is 1. The first kappa shape index (κ1) is 20.1. The first-order valence-electron chi connectivity index (χ1n) is 9.14. The zero-order chi connectivity index (χ0) is 20.8. The summed E-state index contributed by atoms with van der Waals surface area (Å²) in [6, 6.07) is 13.9. The maximum Gasteiger partial charge on any atom is 0.338 e. The van der Waals surface area contributed by atoms with E-state index in [1.54, 1.807) is 24.3 Å². The van der Waals surface area contributed by atoms with Crippen LogP contribution in [0.15, 0.2) is 53.1 Å². The van der Waals surface area contributed by atoms with E-state index in [1.807, 2.05) is 24.3 Å². The quantitative estimate of drug-likeness (QED) is 0.593. The second kappa shape index (κ2) is 9.01. The molecule has 0 radical (unpaired) electrons. The molecule has 3 N–H and O–H groups in total. The largest absolute Gasteiger partial charge is 0.452 e. The van der Waals surface area contributed by atoms with Gasteiger partial charge in [0.1, 0.15) is 0 Å². The summed E-state index contributed by atoms with van der Waals surface area (Å²) in [5, 5.41) is 6.41. The van der Waals surface area contributed by atoms with Crippen LogP contribution < -0.4 is 11.1 Å². The van der Waals surface area contributed by atoms with Crippen LogP contribution in [0.4, 0.5) is 4.79 Å². The lowest BCUT2D eigenvalue weighted by atomic mass is 10.0. The monoisotopic (exact) mass is 394 g/mol. The minimum Gasteiger partial charge on any atom is -0.452 e. The van der Waals surface area contributed by atoms with E-state index < -0.39 is 12.0 Å². The third kappa shape index (κ3) is 5.41. The van der Waals surface area contributed by atoms with Crippen molar-refractivity contribution >= 4 is 12.0 Å². The summed E-state index contributed by atoms with van der Waals surface area (Å²) >= 11 is 0. The van der Waals surface area contributed by atoms with Gasteiger partial charge in [0.15, 0.2) is 6.61 Å². The Kier molecular flexibility index (Phi) is 6.23. The zero-order valence-electron chi connectivity index (χ0n) is 16.2. The summed E-state index contributed by atoms with van der Waals surface area (Å²) in [6.07, 6.45) is 0. The van der Waals surface area contributed by atoms with Gasteiger partial charge in [-0.15, -0.1) is 0 Å². The highest BCUT2D eigenvalue weighted by atomic mass is 16.6. The van der Waals surface area contributed by atoms with E-state index in [9.17, 15) is 9.59 Å². The SMILES string of the molecule is CC(C)c1ccc(-c2noc(COC(=O)c3ccc(CNC(N)=O)cc3)n2)cc1. The lowest BCUT2D eigenvalue weighted by molar-refractivity contribution is 0.0430. The molecule has 0 aliphatic carbocycles. The van der Waals surface area contributed by atoms with Crippen molar-refractivity contribution < 1.29 is 18.8 Å². The standard InChI is InChI=1S/C21H22N4O4/c1-13(2)15-7-9-16(10-8-15)19-24-18(29-25-19)12-28-20(26)17-5-3-14(4-6-17)11-23-21(22)27/h3-10,13H,11-12H2,1-2H3,(H3,22,23,27). The van der Waals surface area contributed by atoms with Gasteiger partial charge in [0, 0.05) is 12.1 Å². The van der Waals surface area contributed by atoms with E-state index in [1.165, 1.54) is 5.56 Å². The molecule has 0 aliphatic rings. The molecule has 0 spiro atoms. The average Bonchev–Trinajstić information content (AvgIpc) is 3.20. The fourth-order valence-electron chi connectivity index (χ4n) is 2.61. The van der Waals surface area contributed by atoms with E-state index >= 15 is 0 Å². The number of nitrogens with one attached hydrogen (secondary N) is 1. The summed E-state index contributed by atoms with van der Waals surface area (Å²) in [4.78, 5) is 27.2. The van der Waals surface area contributed by atoms with Gasteiger partial charge < -0.3 is 20.3 Å². The fourth-order valence-corrected chi connectivity index (χ4v) is 2.61. The molecule has 2 aromatic carbocycles. The van der Waals surface area contributed by atoms with E-state index in [4.69, 9.17) is 15.0 Å². The molecule has 0 saturated carbocycles. The number of hydrogen-bond donors (Lipinski definition) is 2. The van der Waals surface area contributed by atoms with Crippen LogP contribution in [0.3, 0.4) is 0 Å². The number of rotatable bonds is 7. The molecule has 1 heterocycles. The number of benzene rings is 2. The lowest BCUT2D eigenvalue weighted by Crippen LogP contribution is -2.28. The van der Waals surface area contributed by atoms with Crippen molar-refractivity contribution in [2.75, 3.05) is 0 Å². The highest BCUT2D eigenvalue weighted by molar-refractivity contribution is 5.89. The molecular formula is C21H22N4O4. The minimum atomic E-state index is -0.608. The van der Waals surface area contributed by atoms with E-state index in [0.29, 0.717) is 17.3 Å². The number of nitrogens with two attached hydrogens (primary N) is 1. The van der Waals surface area contributed by atoms with Gasteiger partial charge in [0.25, 0.3) is 5.89 Å². The number of nitrogens with zero attached hydrogens (tertiary/aromatic N) is 2. The van der Waals surface area contributed by atoms with Gasteiger partial charge in [-0.25, -0.2) is 9.59 Å². The molecule has 2 amide bonds. The molecule has 29 heavy (non-hydrogen) atoms. The Bertz CT molecular complexity index is 979. The van der Waals surface area contributed by atoms with Crippen LogP contribution in [0.1, 0.15) is 47.1 Å². The highest BCUT2D eigenvalue weighted by Crippen LogP contribution is 2.20. The van der Waals surface area contributed by atoms with Crippen LogP contribution in [-0.4, -0.2) is 22.1 Å². The van der Waals surface area contributed by atoms with Gasteiger partial charge in [0.05, 0.1) is 5.56 Å². The van der Waals surface area contributed by atoms with Crippen LogP contribution in [0, 0.1) is 0 Å². The van der Waals surface area contributed by atoms with Crippen molar-refractivity contribution in [3.05, 3.63) is 71.1 Å². The van der Waals surface area contributed by atoms with E-state index in [-0.39, 0.29) is 19.0 Å². The Hall–Kier alpha value is -3.68. The topological polar surface area (TPSA) is 120 Å². The average molecular weight is 394 g/mol. The summed E-state index contributed by atoms with van der Waals surface area (Å²) in [5.74, 6) is 0.583. The molecular weight excluding hydrogens is 372 g/mol. The maximum atomic E-state index is 12.2. The molecule has 0 saturated heterocycles. The first-order valence-corrected chi connectivity index (χ1v) is 9.14. The van der Waals surface area contributed by atoms with Crippen molar-refractivity contribution in [1.29, 1.82) is 0 Å². The number of hydrogen-bond acceptors (Lipinski definition) is 6. The lowest BCUT2D eigenvalue weighted by Gasteiger charge is -2.05. The van der Waals surface area contributed by atoms with Crippen LogP contribution in [0.25, 0.3) is 11.4 Å². The molecule has 8 heteroatoms. The number of ether oxygens (including phenoxy) is 1. The van der Waals surface area contributed by atoms with Gasteiger partial charge in [0.2, 0.25) is 5.82 Å². The Morgan fingerprint density at radius 1 is 1.10 bits per heavy atom. The summed E-state index contributed by atoms with van der Waals surface area (Å²) in [6.45, 7) is 4.41. The summed E-state index contributed by atoms with van der Waals surface area (Å²) in [5.41, 5.74) is 8.26. The molecule has 3 rings (SSSR count). The smallest absolute Gasteiger partial charge is 0.338 e. The maximum absolute atomic E-state index is 12.2. The predicted molar refractivity (Wildman–Crippen MR) is 106 cm³/mol. The van der Waals surface area contributed by atoms with Gasteiger partial charge in [-0.2, -0.15) is 4.98 Å². The molecule has 0 unspecified atom stereocenters. The van der Waals surface area contributed by atoms with E-state index in [2.05, 4.69) is 29.3 Å². The van der Waals surface area contributed by atoms with Crippen molar-refractivity contribution in [2.24, 2.45) is 5.73 Å². The van der Waals surface area contributed by atoms with Crippen LogP contribution >= 0.6 is 0 Å². The third-order valence-corrected chi connectivity index (χ3v) is 4.29. The second-order valence-corrected chi connectivity index (χ2v) is 6.78. The van der Waals surface area contributed by atoms with Crippen LogP contribution in [0.2, 0.25) is 0 Å². The number of primary amides is 1. The molecule has 0 bridgehead atoms. The Morgan fingerprint density at radius 2 is 1.79 bits per heavy atom. The molecule has 0 fully saturated rings. The van der Waals surface area contributed by atoms with Gasteiger partial charge in [-0.1, -0.05) is 55.4 Å². The van der Waals surface area contributed by atoms with Gasteiger partial charge in [-0.3, -0.25) is 0 Å². The summed E-state index contributed by atoms with van der Waals surface area (Å²) < 4.78 is 10.4. The fraction of sp³-hybridized carbons (Fsp3) is 0.238. The van der Waals surface area contributed by atoms with Gasteiger partial charge >= 0.3 is 12.0 Å². The summed E-state index contributed by atoms with van der Waals surface area (Å²) in [7, 11) is 0. The number of carbonyl (C=O) groups excluding carboxylic acids is 2. The molecule has 0 atom stereocenters. The molecule has 150 valence electrons. The second-order valence-electron chi connectivity index (χ2n) is 6.78. The number of aromatic nitrogens is 2. The Labute approximate surface area is 168 Å². The number of carbonyl (C=O) groups is 2. The molecule has 1 aromatic heterocycles. The first-order chi connectivity index (χ1) is 13.9. The van der Waals surface area contributed by atoms with Crippen LogP contribution in [0.5, 0.6) is 0 Å². The van der Waals surface area contributed by atoms with Crippen molar-refractivity contribution in [3.63, 3.8) is 0 Å². The van der Waals surface area contributed by atoms with Crippen LogP contribution in [-0.2, 0) is 17.9 Å². The van der Waals surface area contributed by atoms with Crippen molar-refractivity contribution in [3.8, 4) is 11.4 Å². The normalized spacial score (nSPS) is 10.7. The third-order valence-electron chi connectivity index (χ3n) is 4.29. The number of urea groups is 1. The Morgan fingerprint density at radius 3 is 2.41 bits per heavy atom. The predicted octanol–water partition coefficient (Wildman–Crippen LogP) is 3.39. The molecule has 3 aromatic rings.